The monoisotopic (exact) mass is 293 g/mol. The van der Waals surface area contributed by atoms with E-state index in [4.69, 9.17) is 14.6 Å². The number of rotatable bonds is 6. The van der Waals surface area contributed by atoms with Gasteiger partial charge in [0.1, 0.15) is 0 Å². The second kappa shape index (κ2) is 8.12. The number of methoxy groups -OCH3 is 1. The van der Waals surface area contributed by atoms with Gasteiger partial charge in [-0.1, -0.05) is 12.1 Å². The van der Waals surface area contributed by atoms with E-state index in [2.05, 4.69) is 4.90 Å². The first-order valence-corrected chi connectivity index (χ1v) is 7.35. The zero-order valence-electron chi connectivity index (χ0n) is 12.5. The normalized spacial score (nSPS) is 16.9. The lowest BCUT2D eigenvalue weighted by Crippen LogP contribution is -2.36. The third-order valence-corrected chi connectivity index (χ3v) is 3.73. The van der Waals surface area contributed by atoms with E-state index in [9.17, 15) is 4.79 Å². The molecule has 1 aliphatic heterocycles. The minimum Gasteiger partial charge on any atom is -0.465 e. The van der Waals surface area contributed by atoms with Gasteiger partial charge in [0.2, 0.25) is 0 Å². The maximum atomic E-state index is 11.5. The fourth-order valence-electron chi connectivity index (χ4n) is 2.63. The highest BCUT2D eigenvalue weighted by atomic mass is 16.5. The van der Waals surface area contributed by atoms with Gasteiger partial charge in [0.15, 0.2) is 0 Å². The standard InChI is InChI=1S/C16H23NO4/c1-20-16(19)14-4-2-3-13(11-14)12-17-7-5-15(6-8-17)21-10-9-18/h2-4,11,15,18H,5-10,12H2,1H3. The number of benzene rings is 1. The Morgan fingerprint density at radius 1 is 1.38 bits per heavy atom. The summed E-state index contributed by atoms with van der Waals surface area (Å²) in [4.78, 5) is 13.9. The third-order valence-electron chi connectivity index (χ3n) is 3.73. The summed E-state index contributed by atoms with van der Waals surface area (Å²) in [7, 11) is 1.40. The Kier molecular flexibility index (Phi) is 6.17. The van der Waals surface area contributed by atoms with E-state index < -0.39 is 0 Å². The number of hydrogen-bond acceptors (Lipinski definition) is 5. The fourth-order valence-corrected chi connectivity index (χ4v) is 2.63. The largest absolute Gasteiger partial charge is 0.465 e. The first kappa shape index (κ1) is 15.9. The van der Waals surface area contributed by atoms with Crippen LogP contribution in [0.2, 0.25) is 0 Å². The van der Waals surface area contributed by atoms with Crippen LogP contribution in [0.15, 0.2) is 24.3 Å². The van der Waals surface area contributed by atoms with Gasteiger partial charge in [0, 0.05) is 19.6 Å². The zero-order chi connectivity index (χ0) is 15.1. The van der Waals surface area contributed by atoms with Gasteiger partial charge >= 0.3 is 5.97 Å². The molecule has 0 atom stereocenters. The van der Waals surface area contributed by atoms with Gasteiger partial charge in [-0.2, -0.15) is 0 Å². The fraction of sp³-hybridized carbons (Fsp3) is 0.562. The molecule has 1 saturated heterocycles. The van der Waals surface area contributed by atoms with E-state index in [1.165, 1.54) is 7.11 Å². The summed E-state index contributed by atoms with van der Waals surface area (Å²) >= 11 is 0. The topological polar surface area (TPSA) is 59.0 Å². The average Bonchev–Trinajstić information content (AvgIpc) is 2.53. The second-order valence-corrected chi connectivity index (χ2v) is 5.26. The summed E-state index contributed by atoms with van der Waals surface area (Å²) in [6, 6.07) is 7.57. The Hall–Kier alpha value is -1.43. The summed E-state index contributed by atoms with van der Waals surface area (Å²) in [6.07, 6.45) is 2.22. The molecule has 1 aromatic rings. The molecule has 116 valence electrons. The van der Waals surface area contributed by atoms with Gasteiger partial charge in [-0.25, -0.2) is 4.79 Å². The number of aliphatic hydroxyl groups is 1. The Balaban J connectivity index is 1.84. The molecular formula is C16H23NO4. The van der Waals surface area contributed by atoms with E-state index in [-0.39, 0.29) is 18.7 Å². The number of carbonyl (C=O) groups excluding carboxylic acids is 1. The highest BCUT2D eigenvalue weighted by molar-refractivity contribution is 5.89. The third kappa shape index (κ3) is 4.81. The Morgan fingerprint density at radius 2 is 2.14 bits per heavy atom. The van der Waals surface area contributed by atoms with Crippen molar-refractivity contribution in [2.45, 2.75) is 25.5 Å². The Morgan fingerprint density at radius 3 is 2.81 bits per heavy atom. The number of piperidine rings is 1. The number of ether oxygens (including phenoxy) is 2. The molecule has 0 unspecified atom stereocenters. The quantitative estimate of drug-likeness (QED) is 0.804. The molecule has 0 saturated carbocycles. The lowest BCUT2D eigenvalue weighted by Gasteiger charge is -2.31. The molecule has 1 N–H and O–H groups in total. The van der Waals surface area contributed by atoms with Crippen LogP contribution in [0.5, 0.6) is 0 Å². The average molecular weight is 293 g/mol. The van der Waals surface area contributed by atoms with Crippen molar-refractivity contribution in [2.75, 3.05) is 33.4 Å². The van der Waals surface area contributed by atoms with Gasteiger partial charge in [-0.3, -0.25) is 4.90 Å². The molecule has 0 radical (unpaired) electrons. The predicted octanol–water partition coefficient (Wildman–Crippen LogP) is 1.45. The summed E-state index contributed by atoms with van der Waals surface area (Å²) in [5, 5.41) is 8.76. The summed E-state index contributed by atoms with van der Waals surface area (Å²) in [6.45, 7) is 3.28. The van der Waals surface area contributed by atoms with E-state index >= 15 is 0 Å². The van der Waals surface area contributed by atoms with Crippen LogP contribution in [-0.2, 0) is 16.0 Å². The molecule has 0 aromatic heterocycles. The Labute approximate surface area is 125 Å². The molecule has 1 aliphatic rings. The first-order valence-electron chi connectivity index (χ1n) is 7.35. The van der Waals surface area contributed by atoms with Crippen LogP contribution in [0.4, 0.5) is 0 Å². The summed E-state index contributed by atoms with van der Waals surface area (Å²) < 4.78 is 10.3. The van der Waals surface area contributed by atoms with E-state index in [1.54, 1.807) is 6.07 Å². The maximum absolute atomic E-state index is 11.5. The van der Waals surface area contributed by atoms with Crippen LogP contribution < -0.4 is 0 Å². The molecule has 0 aliphatic carbocycles. The van der Waals surface area contributed by atoms with Crippen LogP contribution >= 0.6 is 0 Å². The van der Waals surface area contributed by atoms with Gasteiger partial charge < -0.3 is 14.6 Å². The van der Waals surface area contributed by atoms with Crippen LogP contribution in [0.1, 0.15) is 28.8 Å². The van der Waals surface area contributed by atoms with Crippen molar-refractivity contribution in [3.63, 3.8) is 0 Å². The summed E-state index contributed by atoms with van der Waals surface area (Å²) in [5.74, 6) is -0.298. The molecule has 0 bridgehead atoms. The molecule has 1 fully saturated rings. The van der Waals surface area contributed by atoms with Gasteiger partial charge in [0.25, 0.3) is 0 Å². The molecule has 2 rings (SSSR count). The van der Waals surface area contributed by atoms with Crippen molar-refractivity contribution in [3.05, 3.63) is 35.4 Å². The van der Waals surface area contributed by atoms with Crippen LogP contribution in [-0.4, -0.2) is 55.5 Å². The molecular weight excluding hydrogens is 270 g/mol. The molecule has 5 nitrogen and oxygen atoms in total. The van der Waals surface area contributed by atoms with Crippen molar-refractivity contribution >= 4 is 5.97 Å². The van der Waals surface area contributed by atoms with E-state index in [0.29, 0.717) is 12.2 Å². The van der Waals surface area contributed by atoms with Crippen molar-refractivity contribution < 1.29 is 19.4 Å². The van der Waals surface area contributed by atoms with Gasteiger partial charge in [-0.05, 0) is 30.5 Å². The molecule has 0 amide bonds. The lowest BCUT2D eigenvalue weighted by molar-refractivity contribution is -0.00901. The van der Waals surface area contributed by atoms with Crippen molar-refractivity contribution in [1.82, 2.24) is 4.90 Å². The predicted molar refractivity (Wildman–Crippen MR) is 79.1 cm³/mol. The number of likely N-dealkylation sites (tertiary alicyclic amines) is 1. The van der Waals surface area contributed by atoms with E-state index in [0.717, 1.165) is 38.0 Å². The van der Waals surface area contributed by atoms with Crippen LogP contribution in [0, 0.1) is 0 Å². The van der Waals surface area contributed by atoms with Gasteiger partial charge in [-0.15, -0.1) is 0 Å². The Bertz CT molecular complexity index is 455. The van der Waals surface area contributed by atoms with Crippen molar-refractivity contribution in [2.24, 2.45) is 0 Å². The second-order valence-electron chi connectivity index (χ2n) is 5.26. The van der Waals surface area contributed by atoms with Crippen molar-refractivity contribution in [3.8, 4) is 0 Å². The number of esters is 1. The first-order chi connectivity index (χ1) is 10.2. The highest BCUT2D eigenvalue weighted by Gasteiger charge is 2.19. The van der Waals surface area contributed by atoms with E-state index in [1.807, 2.05) is 18.2 Å². The zero-order valence-corrected chi connectivity index (χ0v) is 12.5. The smallest absolute Gasteiger partial charge is 0.337 e. The van der Waals surface area contributed by atoms with Crippen LogP contribution in [0.25, 0.3) is 0 Å². The van der Waals surface area contributed by atoms with Crippen LogP contribution in [0.3, 0.4) is 0 Å². The minimum absolute atomic E-state index is 0.0839. The lowest BCUT2D eigenvalue weighted by atomic mass is 10.1. The molecule has 1 aromatic carbocycles. The molecule has 21 heavy (non-hydrogen) atoms. The molecule has 5 heteroatoms. The maximum Gasteiger partial charge on any atom is 0.337 e. The SMILES string of the molecule is COC(=O)c1cccc(CN2CCC(OCCO)CC2)c1. The molecule has 0 spiro atoms. The number of aliphatic hydroxyl groups excluding tert-OH is 1. The number of nitrogens with zero attached hydrogens (tertiary/aromatic N) is 1. The summed E-state index contributed by atoms with van der Waals surface area (Å²) in [5.41, 5.74) is 1.71. The number of carbonyl (C=O) groups is 1. The highest BCUT2D eigenvalue weighted by Crippen LogP contribution is 2.17. The van der Waals surface area contributed by atoms with Gasteiger partial charge in [0.05, 0.1) is 32.0 Å². The molecule has 1 heterocycles. The minimum atomic E-state index is -0.298. The number of hydrogen-bond donors (Lipinski definition) is 1. The van der Waals surface area contributed by atoms with Crippen molar-refractivity contribution in [1.29, 1.82) is 0 Å².